The van der Waals surface area contributed by atoms with Crippen LogP contribution in [0.3, 0.4) is 0 Å². The summed E-state index contributed by atoms with van der Waals surface area (Å²) in [5.41, 5.74) is 17.0. The van der Waals surface area contributed by atoms with E-state index in [0.717, 1.165) is 6.07 Å². The zero-order valence-corrected chi connectivity index (χ0v) is 14.7. The molecule has 0 radical (unpaired) electrons. The van der Waals surface area contributed by atoms with Crippen LogP contribution in [0, 0.1) is 0 Å². The first-order chi connectivity index (χ1) is 12.7. The predicted molar refractivity (Wildman–Crippen MR) is 99.9 cm³/mol. The van der Waals surface area contributed by atoms with E-state index < -0.39 is 17.6 Å². The molecule has 0 aliphatic carbocycles. The molecule has 0 saturated heterocycles. The predicted octanol–water partition coefficient (Wildman–Crippen LogP) is 3.07. The van der Waals surface area contributed by atoms with E-state index in [0.29, 0.717) is 13.0 Å². The summed E-state index contributed by atoms with van der Waals surface area (Å²) in [5.74, 6) is -0.560. The Balaban J connectivity index is 2.57. The van der Waals surface area contributed by atoms with Gasteiger partial charge < -0.3 is 22.5 Å². The molecule has 27 heavy (non-hydrogen) atoms. The Bertz CT molecular complexity index is 875. The van der Waals surface area contributed by atoms with E-state index in [1.165, 1.54) is 36.4 Å². The smallest absolute Gasteiger partial charge is 0.398 e. The average Bonchev–Trinajstić information content (AvgIpc) is 2.64. The van der Waals surface area contributed by atoms with Crippen molar-refractivity contribution in [3.63, 3.8) is 0 Å². The summed E-state index contributed by atoms with van der Waals surface area (Å²) in [4.78, 5) is 12.0. The summed E-state index contributed by atoms with van der Waals surface area (Å²) in [6.45, 7) is 2.30. The van der Waals surface area contributed by atoms with Crippen LogP contribution in [0.5, 0.6) is 0 Å². The van der Waals surface area contributed by atoms with Gasteiger partial charge in [-0.1, -0.05) is 43.3 Å². The van der Waals surface area contributed by atoms with Crippen LogP contribution < -0.4 is 22.5 Å². The summed E-state index contributed by atoms with van der Waals surface area (Å²) in [6, 6.07) is 9.58. The van der Waals surface area contributed by atoms with E-state index in [2.05, 4.69) is 5.32 Å². The van der Waals surface area contributed by atoms with E-state index in [9.17, 15) is 18.0 Å². The number of hydrogen-bond acceptors (Lipinski definition) is 4. The molecule has 0 aromatic heterocycles. The molecule has 8 heteroatoms. The number of carbonyl (C=O) groups excluding carboxylic acids is 1. The summed E-state index contributed by atoms with van der Waals surface area (Å²) in [7, 11) is 0. The number of nitrogen functional groups attached to an aromatic ring is 1. The second-order valence-electron chi connectivity index (χ2n) is 5.89. The number of hydrogen-bond donors (Lipinski definition) is 4. The lowest BCUT2D eigenvalue weighted by Gasteiger charge is -2.17. The SMILES string of the molecule is CCCNC(=O)/C(N)=C(\N)c1cccc(-c2ccccc2C(F)(F)F)c1N. The standard InChI is InChI=1S/C19H21F3N4O/c1-2-10-26-18(27)17(25)16(24)13-8-5-7-12(15(13)23)11-6-3-4-9-14(11)19(20,21)22/h3-9H,2,10,23-25H2,1H3,(H,26,27)/b17-16+. The van der Waals surface area contributed by atoms with Crippen molar-refractivity contribution in [2.45, 2.75) is 19.5 Å². The van der Waals surface area contributed by atoms with Crippen LogP contribution in [0.15, 0.2) is 48.2 Å². The maximum absolute atomic E-state index is 13.3. The lowest BCUT2D eigenvalue weighted by Crippen LogP contribution is -2.31. The van der Waals surface area contributed by atoms with E-state index in [4.69, 9.17) is 17.2 Å². The Labute approximate surface area is 155 Å². The molecule has 5 nitrogen and oxygen atoms in total. The first-order valence-corrected chi connectivity index (χ1v) is 8.27. The van der Waals surface area contributed by atoms with Gasteiger partial charge in [-0.2, -0.15) is 13.2 Å². The molecule has 2 aromatic carbocycles. The zero-order chi connectivity index (χ0) is 20.2. The first-order valence-electron chi connectivity index (χ1n) is 8.27. The fourth-order valence-corrected chi connectivity index (χ4v) is 2.60. The first kappa shape index (κ1) is 20.2. The monoisotopic (exact) mass is 378 g/mol. The number of alkyl halides is 3. The van der Waals surface area contributed by atoms with E-state index >= 15 is 0 Å². The van der Waals surface area contributed by atoms with E-state index in [1.807, 2.05) is 6.92 Å². The van der Waals surface area contributed by atoms with Crippen LogP contribution in [0.2, 0.25) is 0 Å². The number of rotatable bonds is 5. The van der Waals surface area contributed by atoms with Crippen molar-refractivity contribution >= 4 is 17.3 Å². The Hall–Kier alpha value is -3.16. The van der Waals surface area contributed by atoms with Gasteiger partial charge in [-0.05, 0) is 18.1 Å². The summed E-state index contributed by atoms with van der Waals surface area (Å²) in [5, 5.41) is 2.59. The van der Waals surface area contributed by atoms with Crippen LogP contribution in [0.1, 0.15) is 24.5 Å². The van der Waals surface area contributed by atoms with Gasteiger partial charge in [0.15, 0.2) is 0 Å². The molecule has 0 bridgehead atoms. The molecule has 7 N–H and O–H groups in total. The lowest BCUT2D eigenvalue weighted by atomic mass is 9.94. The molecule has 0 saturated carbocycles. The fourth-order valence-electron chi connectivity index (χ4n) is 2.60. The second-order valence-corrected chi connectivity index (χ2v) is 5.89. The Kier molecular flexibility index (Phi) is 5.99. The number of para-hydroxylation sites is 1. The highest BCUT2D eigenvalue weighted by Crippen LogP contribution is 2.40. The Morgan fingerprint density at radius 2 is 1.67 bits per heavy atom. The molecular weight excluding hydrogens is 357 g/mol. The molecule has 0 aliphatic rings. The largest absolute Gasteiger partial charge is 0.417 e. The quantitative estimate of drug-likeness (QED) is 0.474. The van der Waals surface area contributed by atoms with Gasteiger partial charge in [0.25, 0.3) is 5.91 Å². The number of anilines is 1. The highest BCUT2D eigenvalue weighted by atomic mass is 19.4. The Morgan fingerprint density at radius 3 is 2.30 bits per heavy atom. The highest BCUT2D eigenvalue weighted by Gasteiger charge is 2.33. The molecule has 0 heterocycles. The summed E-state index contributed by atoms with van der Waals surface area (Å²) >= 11 is 0. The molecular formula is C19H21F3N4O. The number of nitrogens with two attached hydrogens (primary N) is 3. The number of carbonyl (C=O) groups is 1. The molecule has 0 atom stereocenters. The van der Waals surface area contributed by atoms with Crippen molar-refractivity contribution in [1.29, 1.82) is 0 Å². The van der Waals surface area contributed by atoms with Gasteiger partial charge >= 0.3 is 6.18 Å². The minimum absolute atomic E-state index is 0.0120. The third-order valence-electron chi connectivity index (χ3n) is 3.99. The molecule has 0 aliphatic heterocycles. The van der Waals surface area contributed by atoms with Crippen LogP contribution in [-0.2, 0) is 11.0 Å². The van der Waals surface area contributed by atoms with Gasteiger partial charge in [0.1, 0.15) is 5.70 Å². The number of benzene rings is 2. The van der Waals surface area contributed by atoms with Gasteiger partial charge in [-0.15, -0.1) is 0 Å². The fraction of sp³-hybridized carbons (Fsp3) is 0.211. The molecule has 0 unspecified atom stereocenters. The lowest BCUT2D eigenvalue weighted by molar-refractivity contribution is -0.137. The molecule has 0 fully saturated rings. The minimum Gasteiger partial charge on any atom is -0.398 e. The van der Waals surface area contributed by atoms with E-state index in [-0.39, 0.29) is 33.8 Å². The van der Waals surface area contributed by atoms with Crippen molar-refractivity contribution in [1.82, 2.24) is 5.32 Å². The summed E-state index contributed by atoms with van der Waals surface area (Å²) in [6.07, 6.45) is -3.83. The molecule has 2 rings (SSSR count). The van der Waals surface area contributed by atoms with Crippen molar-refractivity contribution in [2.75, 3.05) is 12.3 Å². The topological polar surface area (TPSA) is 107 Å². The van der Waals surface area contributed by atoms with Crippen molar-refractivity contribution < 1.29 is 18.0 Å². The van der Waals surface area contributed by atoms with Gasteiger partial charge in [-0.3, -0.25) is 4.79 Å². The van der Waals surface area contributed by atoms with E-state index in [1.54, 1.807) is 0 Å². The molecule has 2 aromatic rings. The maximum atomic E-state index is 13.3. The van der Waals surface area contributed by atoms with Crippen LogP contribution in [-0.4, -0.2) is 12.5 Å². The third-order valence-corrected chi connectivity index (χ3v) is 3.99. The van der Waals surface area contributed by atoms with Crippen molar-refractivity contribution in [3.05, 3.63) is 59.3 Å². The number of nitrogens with one attached hydrogen (secondary N) is 1. The molecule has 144 valence electrons. The van der Waals surface area contributed by atoms with Gasteiger partial charge in [0.2, 0.25) is 0 Å². The van der Waals surface area contributed by atoms with Crippen LogP contribution in [0.4, 0.5) is 18.9 Å². The summed E-state index contributed by atoms with van der Waals surface area (Å²) < 4.78 is 40.0. The second kappa shape index (κ2) is 8.03. The third kappa shape index (κ3) is 4.33. The van der Waals surface area contributed by atoms with Gasteiger partial charge in [-0.25, -0.2) is 0 Å². The minimum atomic E-state index is -4.54. The normalized spacial score (nSPS) is 12.4. The molecule has 1 amide bonds. The van der Waals surface area contributed by atoms with Crippen molar-refractivity contribution in [3.8, 4) is 11.1 Å². The zero-order valence-electron chi connectivity index (χ0n) is 14.7. The average molecular weight is 378 g/mol. The maximum Gasteiger partial charge on any atom is 0.417 e. The van der Waals surface area contributed by atoms with Gasteiger partial charge in [0, 0.05) is 23.4 Å². The van der Waals surface area contributed by atoms with Crippen LogP contribution in [0.25, 0.3) is 16.8 Å². The van der Waals surface area contributed by atoms with Crippen molar-refractivity contribution in [2.24, 2.45) is 11.5 Å². The molecule has 0 spiro atoms. The Morgan fingerprint density at radius 1 is 1.04 bits per heavy atom. The van der Waals surface area contributed by atoms with Gasteiger partial charge in [0.05, 0.1) is 11.3 Å². The van der Waals surface area contributed by atoms with Crippen LogP contribution >= 0.6 is 0 Å². The highest BCUT2D eigenvalue weighted by molar-refractivity contribution is 6.01. The number of amides is 1. The number of halogens is 3.